The summed E-state index contributed by atoms with van der Waals surface area (Å²) in [6.45, 7) is 11.0. The average Bonchev–Trinajstić information content (AvgIpc) is 2.64. The second-order valence-corrected chi connectivity index (χ2v) is 7.49. The Morgan fingerprint density at radius 2 is 1.78 bits per heavy atom. The van der Waals surface area contributed by atoms with E-state index < -0.39 is 0 Å². The molecule has 1 aromatic rings. The van der Waals surface area contributed by atoms with E-state index in [0.29, 0.717) is 6.04 Å². The van der Waals surface area contributed by atoms with Crippen molar-refractivity contribution < 1.29 is 0 Å². The first-order valence-corrected chi connectivity index (χ1v) is 10.3. The molecule has 0 radical (unpaired) electrons. The molecule has 0 bridgehead atoms. The lowest BCUT2D eigenvalue weighted by atomic mass is 9.96. The Balaban J connectivity index is 2.49. The number of aryl methyl sites for hydroxylation is 1. The third-order valence-electron chi connectivity index (χ3n) is 5.21. The van der Waals surface area contributed by atoms with Crippen molar-refractivity contribution >= 4 is 5.57 Å². The van der Waals surface area contributed by atoms with Crippen molar-refractivity contribution in [3.05, 3.63) is 76.8 Å². The van der Waals surface area contributed by atoms with Gasteiger partial charge < -0.3 is 10.2 Å². The molecule has 0 unspecified atom stereocenters. The summed E-state index contributed by atoms with van der Waals surface area (Å²) in [6, 6.07) is 9.17. The zero-order valence-corrected chi connectivity index (χ0v) is 18.0. The van der Waals surface area contributed by atoms with Crippen molar-refractivity contribution in [3.63, 3.8) is 0 Å². The highest BCUT2D eigenvalue weighted by Crippen LogP contribution is 2.31. The molecule has 1 heterocycles. The highest BCUT2D eigenvalue weighted by atomic mass is 15.2. The lowest BCUT2D eigenvalue weighted by molar-refractivity contribution is 0.401. The van der Waals surface area contributed by atoms with Crippen LogP contribution >= 0.6 is 0 Å². The van der Waals surface area contributed by atoms with Crippen LogP contribution in [0.25, 0.3) is 5.57 Å². The second kappa shape index (κ2) is 10.2. The fourth-order valence-corrected chi connectivity index (χ4v) is 3.76. The predicted octanol–water partition coefficient (Wildman–Crippen LogP) is 6.57. The topological polar surface area (TPSA) is 15.3 Å². The van der Waals surface area contributed by atoms with E-state index in [1.54, 1.807) is 0 Å². The molecule has 1 N–H and O–H groups in total. The maximum absolute atomic E-state index is 3.84. The van der Waals surface area contributed by atoms with Crippen molar-refractivity contribution in [1.82, 2.24) is 10.2 Å². The average molecular weight is 365 g/mol. The molecule has 0 spiro atoms. The van der Waals surface area contributed by atoms with Gasteiger partial charge in [-0.05, 0) is 68.0 Å². The van der Waals surface area contributed by atoms with Crippen molar-refractivity contribution in [2.24, 2.45) is 0 Å². The lowest BCUT2D eigenvalue weighted by Gasteiger charge is -2.33. The number of likely N-dealkylation sites (N-methyl/N-ethyl adjacent to an activating group) is 1. The minimum Gasteiger partial charge on any atom is -0.369 e. The number of nitrogens with one attached hydrogen (secondary N) is 1. The van der Waals surface area contributed by atoms with Crippen LogP contribution in [0.15, 0.2) is 65.7 Å². The first kappa shape index (κ1) is 21.1. The Morgan fingerprint density at radius 1 is 1.11 bits per heavy atom. The molecule has 27 heavy (non-hydrogen) atoms. The summed E-state index contributed by atoms with van der Waals surface area (Å²) >= 11 is 0. The van der Waals surface area contributed by atoms with E-state index in [2.05, 4.69) is 100 Å². The molecule has 2 nitrogen and oxygen atoms in total. The first-order valence-electron chi connectivity index (χ1n) is 10.3. The van der Waals surface area contributed by atoms with Crippen LogP contribution in [-0.4, -0.2) is 18.0 Å². The zero-order valence-electron chi connectivity index (χ0n) is 18.0. The van der Waals surface area contributed by atoms with E-state index in [1.165, 1.54) is 59.5 Å². The van der Waals surface area contributed by atoms with Gasteiger partial charge >= 0.3 is 0 Å². The molecule has 0 atom stereocenters. The van der Waals surface area contributed by atoms with Crippen LogP contribution in [0.2, 0.25) is 0 Å². The molecular weight excluding hydrogens is 328 g/mol. The summed E-state index contributed by atoms with van der Waals surface area (Å²) in [4.78, 5) is 2.30. The number of allylic oxidation sites excluding steroid dienone is 6. The highest BCUT2D eigenvalue weighted by Gasteiger charge is 2.20. The smallest absolute Gasteiger partial charge is 0.106 e. The van der Waals surface area contributed by atoms with E-state index in [1.807, 2.05) is 0 Å². The number of rotatable bonds is 8. The van der Waals surface area contributed by atoms with Crippen molar-refractivity contribution in [2.75, 3.05) is 7.05 Å². The molecule has 146 valence electrons. The van der Waals surface area contributed by atoms with Crippen molar-refractivity contribution in [1.29, 1.82) is 0 Å². The van der Waals surface area contributed by atoms with Crippen LogP contribution in [-0.2, 0) is 0 Å². The van der Waals surface area contributed by atoms with E-state index >= 15 is 0 Å². The van der Waals surface area contributed by atoms with Gasteiger partial charge in [-0.15, -0.1) is 0 Å². The molecule has 0 saturated heterocycles. The van der Waals surface area contributed by atoms with Gasteiger partial charge in [-0.25, -0.2) is 0 Å². The summed E-state index contributed by atoms with van der Waals surface area (Å²) < 4.78 is 0. The molecule has 2 rings (SSSR count). The Labute approximate surface area is 166 Å². The molecule has 0 aromatic heterocycles. The summed E-state index contributed by atoms with van der Waals surface area (Å²) in [7, 11) is 2.17. The Hall–Kier alpha value is -2.22. The predicted molar refractivity (Wildman–Crippen MR) is 119 cm³/mol. The Kier molecular flexibility index (Phi) is 7.97. The van der Waals surface area contributed by atoms with E-state index in [9.17, 15) is 0 Å². The minimum absolute atomic E-state index is 0.521. The maximum atomic E-state index is 3.84. The van der Waals surface area contributed by atoms with E-state index in [0.717, 1.165) is 0 Å². The van der Waals surface area contributed by atoms with Crippen molar-refractivity contribution in [2.45, 2.75) is 66.3 Å². The third kappa shape index (κ3) is 5.38. The van der Waals surface area contributed by atoms with Gasteiger partial charge in [0.25, 0.3) is 0 Å². The highest BCUT2D eigenvalue weighted by molar-refractivity contribution is 5.80. The van der Waals surface area contributed by atoms with E-state index in [4.69, 9.17) is 0 Å². The number of benzene rings is 1. The molecule has 1 aliphatic heterocycles. The molecule has 0 aliphatic carbocycles. The molecule has 0 saturated carbocycles. The maximum Gasteiger partial charge on any atom is 0.106 e. The number of nitrogens with zero attached hydrogens (tertiary/aromatic N) is 1. The monoisotopic (exact) mass is 364 g/mol. The van der Waals surface area contributed by atoms with Crippen LogP contribution in [0.1, 0.15) is 64.5 Å². The summed E-state index contributed by atoms with van der Waals surface area (Å²) in [5.74, 6) is 1.20. The van der Waals surface area contributed by atoms with Gasteiger partial charge in [0.2, 0.25) is 0 Å². The number of hydrogen-bond acceptors (Lipinski definition) is 2. The molecule has 0 amide bonds. The Morgan fingerprint density at radius 3 is 2.37 bits per heavy atom. The SMILES string of the molecule is C/C=C/C(C)=C1/C=C(c2ccccc2C)C=C(NC(CCC)CCC)N1C. The molecule has 0 fully saturated rings. The van der Waals surface area contributed by atoms with Crippen LogP contribution in [0.5, 0.6) is 0 Å². The third-order valence-corrected chi connectivity index (χ3v) is 5.21. The fraction of sp³-hybridized carbons (Fsp3) is 0.440. The summed E-state index contributed by atoms with van der Waals surface area (Å²) in [5.41, 5.74) is 6.42. The van der Waals surface area contributed by atoms with Gasteiger partial charge in [0.15, 0.2) is 0 Å². The lowest BCUT2D eigenvalue weighted by Crippen LogP contribution is -2.37. The largest absolute Gasteiger partial charge is 0.369 e. The van der Waals surface area contributed by atoms with Gasteiger partial charge in [0.05, 0.1) is 0 Å². The summed E-state index contributed by atoms with van der Waals surface area (Å²) in [6.07, 6.45) is 13.7. The Bertz CT molecular complexity index is 743. The normalized spacial score (nSPS) is 16.6. The van der Waals surface area contributed by atoms with Gasteiger partial charge in [0.1, 0.15) is 5.82 Å². The minimum atomic E-state index is 0.521. The van der Waals surface area contributed by atoms with Crippen LogP contribution < -0.4 is 5.32 Å². The van der Waals surface area contributed by atoms with E-state index in [-0.39, 0.29) is 0 Å². The number of hydrogen-bond donors (Lipinski definition) is 1. The molecule has 1 aliphatic rings. The van der Waals surface area contributed by atoms with Crippen molar-refractivity contribution in [3.8, 4) is 0 Å². The quantitative estimate of drug-likeness (QED) is 0.561. The van der Waals surface area contributed by atoms with Gasteiger partial charge in [0, 0.05) is 18.8 Å². The molecule has 1 aromatic carbocycles. The first-order chi connectivity index (χ1) is 13.0. The van der Waals surface area contributed by atoms with Crippen LogP contribution in [0, 0.1) is 6.92 Å². The molecular formula is C25H36N2. The molecule has 2 heteroatoms. The van der Waals surface area contributed by atoms with Gasteiger partial charge in [-0.1, -0.05) is 63.1 Å². The van der Waals surface area contributed by atoms with Crippen LogP contribution in [0.4, 0.5) is 0 Å². The second-order valence-electron chi connectivity index (χ2n) is 7.49. The van der Waals surface area contributed by atoms with Gasteiger partial charge in [-0.2, -0.15) is 0 Å². The van der Waals surface area contributed by atoms with Crippen LogP contribution in [0.3, 0.4) is 0 Å². The zero-order chi connectivity index (χ0) is 19.8. The standard InChI is InChI=1S/C25H36N2/c1-7-12-20(5)24-17-21(23-16-11-10-15-19(23)4)18-25(27(24)6)26-22(13-8-2)14-9-3/h7,10-12,15-18,22,26H,8-9,13-14H2,1-6H3/b12-7+,24-20-. The summed E-state index contributed by atoms with van der Waals surface area (Å²) in [5, 5.41) is 3.84. The fourth-order valence-electron chi connectivity index (χ4n) is 3.76. The van der Waals surface area contributed by atoms with Gasteiger partial charge in [-0.3, -0.25) is 0 Å².